The zero-order valence-electron chi connectivity index (χ0n) is 20.1. The van der Waals surface area contributed by atoms with Crippen LogP contribution in [0.15, 0.2) is 36.4 Å². The fraction of sp³-hybridized carbons (Fsp3) is 0.586. The second-order valence-electron chi connectivity index (χ2n) is 9.40. The number of nitrogens with zero attached hydrogens (tertiary/aromatic N) is 2. The molecule has 1 saturated carbocycles. The summed E-state index contributed by atoms with van der Waals surface area (Å²) in [6, 6.07) is 14.9. The van der Waals surface area contributed by atoms with E-state index in [9.17, 15) is 5.26 Å². The van der Waals surface area contributed by atoms with Gasteiger partial charge in [-0.2, -0.15) is 5.26 Å². The Labute approximate surface area is 195 Å². The summed E-state index contributed by atoms with van der Waals surface area (Å²) in [5, 5.41) is 9.57. The molecule has 0 spiro atoms. The zero-order chi connectivity index (χ0) is 22.6. The van der Waals surface area contributed by atoms with Gasteiger partial charge >= 0.3 is 0 Å². The molecule has 2 aromatic rings. The highest BCUT2D eigenvalue weighted by atomic mass is 16.5. The summed E-state index contributed by atoms with van der Waals surface area (Å²) in [4.78, 5) is 4.59. The zero-order valence-corrected chi connectivity index (χ0v) is 20.1. The Morgan fingerprint density at radius 3 is 2.28 bits per heavy atom. The third-order valence-electron chi connectivity index (χ3n) is 6.94. The number of pyridine rings is 1. The molecule has 0 aliphatic heterocycles. The van der Waals surface area contributed by atoms with Gasteiger partial charge in [0.1, 0.15) is 6.07 Å². The highest BCUT2D eigenvalue weighted by Gasteiger charge is 2.21. The molecular weight excluding hydrogens is 392 g/mol. The monoisotopic (exact) mass is 432 g/mol. The molecule has 3 rings (SSSR count). The Morgan fingerprint density at radius 1 is 0.875 bits per heavy atom. The van der Waals surface area contributed by atoms with E-state index < -0.39 is 0 Å². The van der Waals surface area contributed by atoms with Gasteiger partial charge in [0.25, 0.3) is 0 Å². The van der Waals surface area contributed by atoms with Crippen LogP contribution in [0.2, 0.25) is 0 Å². The highest BCUT2D eigenvalue weighted by molar-refractivity contribution is 5.61. The Balaban J connectivity index is 1.54. The van der Waals surface area contributed by atoms with Crippen molar-refractivity contribution < 1.29 is 4.74 Å². The van der Waals surface area contributed by atoms with Crippen molar-refractivity contribution in [2.24, 2.45) is 5.92 Å². The second-order valence-corrected chi connectivity index (χ2v) is 9.40. The molecule has 0 radical (unpaired) electrons. The molecule has 0 N–H and O–H groups in total. The topological polar surface area (TPSA) is 45.9 Å². The molecule has 1 aliphatic carbocycles. The van der Waals surface area contributed by atoms with E-state index >= 15 is 0 Å². The Morgan fingerprint density at radius 2 is 1.59 bits per heavy atom. The van der Waals surface area contributed by atoms with Gasteiger partial charge in [-0.05, 0) is 61.6 Å². The van der Waals surface area contributed by atoms with Gasteiger partial charge in [0.05, 0.1) is 12.3 Å². The van der Waals surface area contributed by atoms with E-state index in [1.807, 2.05) is 12.1 Å². The lowest BCUT2D eigenvalue weighted by atomic mass is 9.77. The standard InChI is InChI=1S/C29H40N2O/c1-3-5-6-7-8-9-21-32-29-20-19-27(31-28(29)22-30)26-17-15-25(16-18-26)24-13-11-23(10-4-2)12-14-24/h15-20,23-24H,3-14,21H2,1-2H3. The smallest absolute Gasteiger partial charge is 0.183 e. The minimum Gasteiger partial charge on any atom is -0.491 e. The third-order valence-corrected chi connectivity index (χ3v) is 6.94. The fourth-order valence-corrected chi connectivity index (χ4v) is 4.99. The number of aromatic nitrogens is 1. The molecule has 1 heterocycles. The number of hydrogen-bond donors (Lipinski definition) is 0. The molecule has 0 unspecified atom stereocenters. The summed E-state index contributed by atoms with van der Waals surface area (Å²) in [6.07, 6.45) is 15.4. The average Bonchev–Trinajstić information content (AvgIpc) is 2.84. The van der Waals surface area contributed by atoms with Crippen LogP contribution in [0, 0.1) is 17.2 Å². The molecule has 3 nitrogen and oxygen atoms in total. The summed E-state index contributed by atoms with van der Waals surface area (Å²) < 4.78 is 5.86. The van der Waals surface area contributed by atoms with Crippen LogP contribution < -0.4 is 4.74 Å². The van der Waals surface area contributed by atoms with Gasteiger partial charge in [0, 0.05) is 5.56 Å². The molecule has 0 amide bonds. The quantitative estimate of drug-likeness (QED) is 0.316. The van der Waals surface area contributed by atoms with Gasteiger partial charge in [-0.25, -0.2) is 4.98 Å². The molecule has 1 aliphatic rings. The van der Waals surface area contributed by atoms with Crippen molar-refractivity contribution in [2.75, 3.05) is 6.61 Å². The summed E-state index contributed by atoms with van der Waals surface area (Å²) in [5.74, 6) is 2.23. The lowest BCUT2D eigenvalue weighted by Gasteiger charge is -2.28. The lowest BCUT2D eigenvalue weighted by Crippen LogP contribution is -2.13. The highest BCUT2D eigenvalue weighted by Crippen LogP contribution is 2.38. The summed E-state index contributed by atoms with van der Waals surface area (Å²) in [5.41, 5.74) is 3.73. The SMILES string of the molecule is CCCCCCCCOc1ccc(-c2ccc(C3CCC(CCC)CC3)cc2)nc1C#N. The van der Waals surface area contributed by atoms with Crippen LogP contribution in [0.1, 0.15) is 108 Å². The largest absolute Gasteiger partial charge is 0.491 e. The van der Waals surface area contributed by atoms with Crippen molar-refractivity contribution >= 4 is 0 Å². The number of unbranched alkanes of at least 4 members (excludes halogenated alkanes) is 5. The van der Waals surface area contributed by atoms with Crippen LogP contribution in [-0.2, 0) is 0 Å². The van der Waals surface area contributed by atoms with Gasteiger partial charge in [0.15, 0.2) is 11.4 Å². The molecule has 0 atom stereocenters. The molecule has 0 saturated heterocycles. The lowest BCUT2D eigenvalue weighted by molar-refractivity contribution is 0.302. The van der Waals surface area contributed by atoms with Crippen molar-refractivity contribution in [1.82, 2.24) is 4.98 Å². The first-order chi connectivity index (χ1) is 15.7. The molecule has 1 fully saturated rings. The third kappa shape index (κ3) is 7.09. The van der Waals surface area contributed by atoms with E-state index in [1.54, 1.807) is 0 Å². The first kappa shape index (κ1) is 24.3. The van der Waals surface area contributed by atoms with Crippen molar-refractivity contribution in [3.05, 3.63) is 47.7 Å². The molecule has 172 valence electrons. The van der Waals surface area contributed by atoms with E-state index in [0.717, 1.165) is 23.6 Å². The maximum Gasteiger partial charge on any atom is 0.183 e. The molecular formula is C29H40N2O. The average molecular weight is 433 g/mol. The van der Waals surface area contributed by atoms with Crippen molar-refractivity contribution in [3.63, 3.8) is 0 Å². The molecule has 1 aromatic heterocycles. The number of rotatable bonds is 12. The summed E-state index contributed by atoms with van der Waals surface area (Å²) in [7, 11) is 0. The van der Waals surface area contributed by atoms with Crippen LogP contribution >= 0.6 is 0 Å². The van der Waals surface area contributed by atoms with Crippen LogP contribution in [0.4, 0.5) is 0 Å². The molecule has 0 bridgehead atoms. The van der Waals surface area contributed by atoms with Crippen molar-refractivity contribution in [1.29, 1.82) is 5.26 Å². The summed E-state index contributed by atoms with van der Waals surface area (Å²) in [6.45, 7) is 5.18. The minimum absolute atomic E-state index is 0.381. The van der Waals surface area contributed by atoms with Gasteiger partial charge in [-0.1, -0.05) is 83.1 Å². The van der Waals surface area contributed by atoms with Crippen LogP contribution in [-0.4, -0.2) is 11.6 Å². The Kier molecular flexibility index (Phi) is 10.1. The van der Waals surface area contributed by atoms with Gasteiger partial charge in [0.2, 0.25) is 0 Å². The predicted octanol–water partition coefficient (Wildman–Crippen LogP) is 8.43. The molecule has 1 aromatic carbocycles. The number of hydrogen-bond acceptors (Lipinski definition) is 3. The predicted molar refractivity (Wildman–Crippen MR) is 133 cm³/mol. The van der Waals surface area contributed by atoms with Crippen molar-refractivity contribution in [2.45, 2.75) is 96.8 Å². The maximum absolute atomic E-state index is 9.57. The second kappa shape index (κ2) is 13.3. The van der Waals surface area contributed by atoms with Crippen LogP contribution in [0.25, 0.3) is 11.3 Å². The molecule has 32 heavy (non-hydrogen) atoms. The first-order valence-electron chi connectivity index (χ1n) is 12.9. The normalized spacial score (nSPS) is 18.3. The van der Waals surface area contributed by atoms with Crippen LogP contribution in [0.3, 0.4) is 0 Å². The van der Waals surface area contributed by atoms with Crippen LogP contribution in [0.5, 0.6) is 5.75 Å². The number of benzene rings is 1. The van der Waals surface area contributed by atoms with E-state index in [1.165, 1.54) is 76.2 Å². The van der Waals surface area contributed by atoms with Gasteiger partial charge < -0.3 is 4.74 Å². The molecule has 3 heteroatoms. The van der Waals surface area contributed by atoms with Crippen molar-refractivity contribution in [3.8, 4) is 23.1 Å². The Hall–Kier alpha value is -2.34. The Bertz CT molecular complexity index is 844. The van der Waals surface area contributed by atoms with E-state index in [4.69, 9.17) is 4.74 Å². The van der Waals surface area contributed by atoms with Gasteiger partial charge in [-0.3, -0.25) is 0 Å². The van der Waals surface area contributed by atoms with E-state index in [-0.39, 0.29) is 0 Å². The number of ether oxygens (including phenoxy) is 1. The van der Waals surface area contributed by atoms with E-state index in [0.29, 0.717) is 24.0 Å². The van der Waals surface area contributed by atoms with E-state index in [2.05, 4.69) is 49.2 Å². The minimum atomic E-state index is 0.381. The maximum atomic E-state index is 9.57. The first-order valence-corrected chi connectivity index (χ1v) is 12.9. The summed E-state index contributed by atoms with van der Waals surface area (Å²) >= 11 is 0. The fourth-order valence-electron chi connectivity index (χ4n) is 4.99. The number of nitriles is 1. The van der Waals surface area contributed by atoms with Gasteiger partial charge in [-0.15, -0.1) is 0 Å².